The lowest BCUT2D eigenvalue weighted by Crippen LogP contribution is -2.57. The van der Waals surface area contributed by atoms with Crippen LogP contribution in [0.15, 0.2) is 30.3 Å². The molecule has 1 aromatic rings. The number of carbonyl (C=O) groups is 3. The van der Waals surface area contributed by atoms with Gasteiger partial charge >= 0.3 is 5.97 Å². The van der Waals surface area contributed by atoms with Crippen molar-refractivity contribution in [2.45, 2.75) is 57.0 Å². The van der Waals surface area contributed by atoms with Crippen LogP contribution in [0.25, 0.3) is 0 Å². The number of nitrogens with zero attached hydrogens (tertiary/aromatic N) is 1. The van der Waals surface area contributed by atoms with Crippen LogP contribution in [0, 0.1) is 11.8 Å². The maximum absolute atomic E-state index is 13.4. The van der Waals surface area contributed by atoms with Crippen LogP contribution >= 0.6 is 0 Å². The van der Waals surface area contributed by atoms with Gasteiger partial charge in [-0.2, -0.15) is 0 Å². The number of likely N-dealkylation sites (tertiary alicyclic amines) is 1. The molecule has 30 heavy (non-hydrogen) atoms. The number of carbonyl (C=O) groups excluding carboxylic acids is 3. The standard InChI is InChI=1S/C22H28N2O6/c1-3-29-21(28)16-15-9-10-22(30-15)17(16)20(27)24(13(2)12-25)18(22)19(26)23-11-14-7-5-4-6-8-14/h4-8,13,15-18,25H,3,9-12H2,1-2H3,(H,23,26)/t13-,15-,16+,17+,18-,22+/m1/s1. The van der Waals surface area contributed by atoms with Crippen LogP contribution in [-0.4, -0.2) is 64.8 Å². The normalized spacial score (nSPS) is 32.8. The van der Waals surface area contributed by atoms with Crippen LogP contribution in [0.5, 0.6) is 0 Å². The first-order valence-corrected chi connectivity index (χ1v) is 10.5. The quantitative estimate of drug-likeness (QED) is 0.632. The van der Waals surface area contributed by atoms with Gasteiger partial charge in [0.15, 0.2) is 0 Å². The third-order valence-electron chi connectivity index (χ3n) is 6.59. The Morgan fingerprint density at radius 3 is 2.77 bits per heavy atom. The highest BCUT2D eigenvalue weighted by Gasteiger charge is 2.75. The average molecular weight is 416 g/mol. The zero-order chi connectivity index (χ0) is 21.5. The summed E-state index contributed by atoms with van der Waals surface area (Å²) in [7, 11) is 0. The van der Waals surface area contributed by atoms with Gasteiger partial charge < -0.3 is 24.8 Å². The zero-order valence-corrected chi connectivity index (χ0v) is 17.2. The number of aliphatic hydroxyl groups is 1. The summed E-state index contributed by atoms with van der Waals surface area (Å²) >= 11 is 0. The molecule has 3 fully saturated rings. The summed E-state index contributed by atoms with van der Waals surface area (Å²) in [5, 5.41) is 12.7. The van der Waals surface area contributed by atoms with E-state index in [4.69, 9.17) is 9.47 Å². The van der Waals surface area contributed by atoms with Crippen molar-refractivity contribution >= 4 is 17.8 Å². The molecule has 2 N–H and O–H groups in total. The number of rotatable bonds is 7. The summed E-state index contributed by atoms with van der Waals surface area (Å²) in [5.41, 5.74) is -0.129. The van der Waals surface area contributed by atoms with Gasteiger partial charge in [0.1, 0.15) is 11.6 Å². The Balaban J connectivity index is 1.65. The second-order valence-corrected chi connectivity index (χ2v) is 8.29. The topological polar surface area (TPSA) is 105 Å². The first-order valence-electron chi connectivity index (χ1n) is 10.5. The highest BCUT2D eigenvalue weighted by Crippen LogP contribution is 2.58. The van der Waals surface area contributed by atoms with Gasteiger partial charge in [0.25, 0.3) is 0 Å². The van der Waals surface area contributed by atoms with Crippen molar-refractivity contribution in [1.82, 2.24) is 10.2 Å². The summed E-state index contributed by atoms with van der Waals surface area (Å²) in [6.45, 7) is 3.66. The molecule has 8 nitrogen and oxygen atoms in total. The highest BCUT2D eigenvalue weighted by atomic mass is 16.6. The number of esters is 1. The lowest BCUT2D eigenvalue weighted by atomic mass is 9.71. The number of ether oxygens (including phenoxy) is 2. The molecule has 0 unspecified atom stereocenters. The fourth-order valence-corrected chi connectivity index (χ4v) is 5.34. The molecule has 1 aromatic carbocycles. The Morgan fingerprint density at radius 1 is 1.37 bits per heavy atom. The van der Waals surface area contributed by atoms with E-state index in [0.717, 1.165) is 5.56 Å². The summed E-state index contributed by atoms with van der Waals surface area (Å²) in [6, 6.07) is 8.02. The minimum atomic E-state index is -1.07. The Labute approximate surface area is 175 Å². The molecule has 3 saturated heterocycles. The Kier molecular flexibility index (Phi) is 5.55. The third kappa shape index (κ3) is 3.09. The minimum absolute atomic E-state index is 0.216. The van der Waals surface area contributed by atoms with Crippen molar-refractivity contribution < 1.29 is 29.0 Å². The van der Waals surface area contributed by atoms with Crippen LogP contribution in [0.3, 0.4) is 0 Å². The van der Waals surface area contributed by atoms with Gasteiger partial charge in [-0.1, -0.05) is 30.3 Å². The van der Waals surface area contributed by atoms with Crippen molar-refractivity contribution in [3.8, 4) is 0 Å². The third-order valence-corrected chi connectivity index (χ3v) is 6.59. The van der Waals surface area contributed by atoms with Crippen LogP contribution in [0.1, 0.15) is 32.3 Å². The number of hydrogen-bond acceptors (Lipinski definition) is 6. The number of fused-ring (bicyclic) bond motifs is 1. The van der Waals surface area contributed by atoms with E-state index in [1.54, 1.807) is 13.8 Å². The predicted molar refractivity (Wildman–Crippen MR) is 106 cm³/mol. The van der Waals surface area contributed by atoms with Gasteiger partial charge in [-0.05, 0) is 32.3 Å². The van der Waals surface area contributed by atoms with Gasteiger partial charge in [-0.15, -0.1) is 0 Å². The summed E-state index contributed by atoms with van der Waals surface area (Å²) in [4.78, 5) is 40.8. The molecule has 0 aliphatic carbocycles. The number of nitrogens with one attached hydrogen (secondary N) is 1. The Morgan fingerprint density at radius 2 is 2.10 bits per heavy atom. The van der Waals surface area contributed by atoms with Crippen LogP contribution < -0.4 is 5.32 Å². The van der Waals surface area contributed by atoms with Gasteiger partial charge in [0.2, 0.25) is 11.8 Å². The van der Waals surface area contributed by atoms with E-state index in [9.17, 15) is 19.5 Å². The maximum atomic E-state index is 13.4. The summed E-state index contributed by atoms with van der Waals surface area (Å²) in [5.74, 6) is -2.59. The molecule has 2 amide bonds. The molecule has 1 spiro atoms. The Bertz CT molecular complexity index is 830. The van der Waals surface area contributed by atoms with E-state index in [1.165, 1.54) is 4.90 Å². The van der Waals surface area contributed by atoms with Crippen molar-refractivity contribution in [2.75, 3.05) is 13.2 Å². The van der Waals surface area contributed by atoms with Crippen molar-refractivity contribution in [2.24, 2.45) is 11.8 Å². The molecule has 2 bridgehead atoms. The molecule has 8 heteroatoms. The number of benzene rings is 1. The molecule has 3 heterocycles. The lowest BCUT2D eigenvalue weighted by molar-refractivity contribution is -0.155. The molecule has 162 valence electrons. The van der Waals surface area contributed by atoms with E-state index in [0.29, 0.717) is 19.4 Å². The number of aliphatic hydroxyl groups excluding tert-OH is 1. The maximum Gasteiger partial charge on any atom is 0.312 e. The molecule has 0 radical (unpaired) electrons. The summed E-state index contributed by atoms with van der Waals surface area (Å²) < 4.78 is 11.5. The number of amides is 2. The Hall–Kier alpha value is -2.45. The van der Waals surface area contributed by atoms with Crippen molar-refractivity contribution in [3.63, 3.8) is 0 Å². The van der Waals surface area contributed by atoms with Crippen LogP contribution in [0.4, 0.5) is 0 Å². The molecule has 0 aromatic heterocycles. The fraction of sp³-hybridized carbons (Fsp3) is 0.591. The molecule has 3 aliphatic rings. The first kappa shape index (κ1) is 20.8. The van der Waals surface area contributed by atoms with E-state index < -0.39 is 41.6 Å². The van der Waals surface area contributed by atoms with Gasteiger partial charge in [-0.25, -0.2) is 0 Å². The lowest BCUT2D eigenvalue weighted by Gasteiger charge is -2.35. The highest BCUT2D eigenvalue weighted by molar-refractivity contribution is 5.98. The minimum Gasteiger partial charge on any atom is -0.466 e. The first-order chi connectivity index (χ1) is 14.4. The molecule has 3 aliphatic heterocycles. The predicted octanol–water partition coefficient (Wildman–Crippen LogP) is 0.621. The van der Waals surface area contributed by atoms with E-state index in [1.807, 2.05) is 30.3 Å². The van der Waals surface area contributed by atoms with E-state index in [2.05, 4.69) is 5.32 Å². The van der Waals surface area contributed by atoms with Gasteiger partial charge in [0, 0.05) is 6.54 Å². The van der Waals surface area contributed by atoms with Gasteiger partial charge in [-0.3, -0.25) is 14.4 Å². The second-order valence-electron chi connectivity index (χ2n) is 8.29. The molecule has 6 atom stereocenters. The van der Waals surface area contributed by atoms with Crippen molar-refractivity contribution in [3.05, 3.63) is 35.9 Å². The average Bonchev–Trinajstić information content (AvgIpc) is 3.39. The fourth-order valence-electron chi connectivity index (χ4n) is 5.34. The zero-order valence-electron chi connectivity index (χ0n) is 17.2. The van der Waals surface area contributed by atoms with Crippen LogP contribution in [0.2, 0.25) is 0 Å². The second kappa shape index (κ2) is 8.00. The van der Waals surface area contributed by atoms with Crippen LogP contribution in [-0.2, 0) is 30.4 Å². The van der Waals surface area contributed by atoms with Gasteiger partial charge in [0.05, 0.1) is 37.2 Å². The number of hydrogen-bond donors (Lipinski definition) is 2. The molecular weight excluding hydrogens is 388 g/mol. The van der Waals surface area contributed by atoms with Crippen molar-refractivity contribution in [1.29, 1.82) is 0 Å². The largest absolute Gasteiger partial charge is 0.466 e. The summed E-state index contributed by atoms with van der Waals surface area (Å²) in [6.07, 6.45) is 0.688. The SMILES string of the molecule is CCOC(=O)[C@@H]1[C@H]2C(=O)N([C@H](C)CO)[C@H](C(=O)NCc3ccccc3)[C@]23CC[C@H]1O3. The smallest absolute Gasteiger partial charge is 0.312 e. The van der Waals surface area contributed by atoms with E-state index in [-0.39, 0.29) is 25.0 Å². The molecule has 0 saturated carbocycles. The van der Waals surface area contributed by atoms with E-state index >= 15 is 0 Å². The monoisotopic (exact) mass is 416 g/mol. The molecular formula is C22H28N2O6. The molecule has 4 rings (SSSR count).